The molecular weight excluding hydrogens is 390 g/mol. The van der Waals surface area contributed by atoms with Crippen LogP contribution in [0.3, 0.4) is 0 Å². The highest BCUT2D eigenvalue weighted by atomic mass is 32.2. The van der Waals surface area contributed by atoms with Gasteiger partial charge in [-0.2, -0.15) is 0 Å². The zero-order valence-electron chi connectivity index (χ0n) is 15.8. The van der Waals surface area contributed by atoms with E-state index in [1.165, 1.54) is 19.2 Å². The third-order valence-corrected chi connectivity index (χ3v) is 6.20. The van der Waals surface area contributed by atoms with Gasteiger partial charge in [-0.1, -0.05) is 60.7 Å². The van der Waals surface area contributed by atoms with Crippen molar-refractivity contribution in [3.8, 4) is 5.75 Å². The molecule has 0 aliphatic rings. The molecule has 1 unspecified atom stereocenters. The summed E-state index contributed by atoms with van der Waals surface area (Å²) in [5.41, 5.74) is 1.20. The second kappa shape index (κ2) is 9.25. The molecule has 1 N–H and O–H groups in total. The summed E-state index contributed by atoms with van der Waals surface area (Å²) >= 11 is 0. The van der Waals surface area contributed by atoms with Crippen molar-refractivity contribution in [2.24, 2.45) is 0 Å². The van der Waals surface area contributed by atoms with E-state index in [1.54, 1.807) is 42.5 Å². The van der Waals surface area contributed by atoms with Crippen molar-refractivity contribution in [3.05, 3.63) is 96.1 Å². The van der Waals surface area contributed by atoms with Crippen molar-refractivity contribution in [1.82, 2.24) is 5.32 Å². The van der Waals surface area contributed by atoms with Crippen LogP contribution < -0.4 is 10.1 Å². The van der Waals surface area contributed by atoms with E-state index in [2.05, 4.69) is 5.32 Å². The Labute approximate surface area is 170 Å². The number of methoxy groups -OCH3 is 1. The Morgan fingerprint density at radius 2 is 1.48 bits per heavy atom. The molecule has 1 amide bonds. The monoisotopic (exact) mass is 411 g/mol. The summed E-state index contributed by atoms with van der Waals surface area (Å²) in [6.07, 6.45) is -0.825. The first kappa shape index (κ1) is 20.4. The van der Waals surface area contributed by atoms with Gasteiger partial charge in [0.2, 0.25) is 9.84 Å². The largest absolute Gasteiger partial charge is 0.497 e. The lowest BCUT2D eigenvalue weighted by Crippen LogP contribution is -2.34. The second-order valence-electron chi connectivity index (χ2n) is 6.22. The standard InChI is InChI=1S/C22H21NO5S/c1-27-19-14-12-18(13-15-19)21(29(25,26)20-10-6-3-7-11-20)23-22(24)28-16-17-8-4-2-5-9-17/h2-15,21H,16H2,1H3,(H,23,24). The summed E-state index contributed by atoms with van der Waals surface area (Å²) in [4.78, 5) is 12.5. The van der Waals surface area contributed by atoms with E-state index < -0.39 is 21.3 Å². The van der Waals surface area contributed by atoms with Crippen LogP contribution in [-0.2, 0) is 21.2 Å². The van der Waals surface area contributed by atoms with Gasteiger partial charge in [0.25, 0.3) is 0 Å². The molecule has 0 saturated carbocycles. The maximum atomic E-state index is 13.2. The van der Waals surface area contributed by atoms with E-state index in [9.17, 15) is 13.2 Å². The number of sulfone groups is 1. The number of ether oxygens (including phenoxy) is 2. The molecule has 29 heavy (non-hydrogen) atoms. The third kappa shape index (κ3) is 5.14. The molecule has 0 aromatic heterocycles. The first-order valence-corrected chi connectivity index (χ1v) is 10.5. The first-order valence-electron chi connectivity index (χ1n) is 8.91. The quantitative estimate of drug-likeness (QED) is 0.633. The van der Waals surface area contributed by atoms with Gasteiger partial charge in [-0.15, -0.1) is 0 Å². The predicted molar refractivity (Wildman–Crippen MR) is 109 cm³/mol. The predicted octanol–water partition coefficient (Wildman–Crippen LogP) is 4.09. The van der Waals surface area contributed by atoms with Crippen LogP contribution >= 0.6 is 0 Å². The molecule has 0 aliphatic heterocycles. The van der Waals surface area contributed by atoms with Gasteiger partial charge in [-0.25, -0.2) is 13.2 Å². The normalized spacial score (nSPS) is 12.0. The van der Waals surface area contributed by atoms with Crippen molar-refractivity contribution in [1.29, 1.82) is 0 Å². The Morgan fingerprint density at radius 3 is 2.07 bits per heavy atom. The van der Waals surface area contributed by atoms with Gasteiger partial charge in [0.05, 0.1) is 12.0 Å². The van der Waals surface area contributed by atoms with Crippen molar-refractivity contribution in [3.63, 3.8) is 0 Å². The zero-order chi connectivity index (χ0) is 20.7. The Morgan fingerprint density at radius 1 is 0.897 bits per heavy atom. The van der Waals surface area contributed by atoms with Gasteiger partial charge < -0.3 is 14.8 Å². The highest BCUT2D eigenvalue weighted by Gasteiger charge is 2.31. The van der Waals surface area contributed by atoms with Crippen LogP contribution in [0, 0.1) is 0 Å². The summed E-state index contributed by atoms with van der Waals surface area (Å²) in [5, 5.41) is 1.18. The Kier molecular flexibility index (Phi) is 6.51. The fraction of sp³-hybridized carbons (Fsp3) is 0.136. The van der Waals surface area contributed by atoms with Crippen LogP contribution in [0.2, 0.25) is 0 Å². The van der Waals surface area contributed by atoms with Crippen LogP contribution in [0.1, 0.15) is 16.5 Å². The summed E-state index contributed by atoms with van der Waals surface area (Å²) < 4.78 is 36.7. The summed E-state index contributed by atoms with van der Waals surface area (Å²) in [6, 6.07) is 23.6. The number of carbonyl (C=O) groups is 1. The fourth-order valence-corrected chi connectivity index (χ4v) is 4.31. The molecule has 0 bridgehead atoms. The highest BCUT2D eigenvalue weighted by Crippen LogP contribution is 2.28. The molecule has 0 heterocycles. The zero-order valence-corrected chi connectivity index (χ0v) is 16.6. The van der Waals surface area contributed by atoms with Crippen LogP contribution in [0.5, 0.6) is 5.75 Å². The molecule has 3 aromatic carbocycles. The van der Waals surface area contributed by atoms with Crippen molar-refractivity contribution < 1.29 is 22.7 Å². The molecule has 3 aromatic rings. The van der Waals surface area contributed by atoms with E-state index in [0.29, 0.717) is 11.3 Å². The maximum Gasteiger partial charge on any atom is 0.408 e. The van der Waals surface area contributed by atoms with E-state index in [4.69, 9.17) is 9.47 Å². The number of hydrogen-bond acceptors (Lipinski definition) is 5. The topological polar surface area (TPSA) is 81.7 Å². The van der Waals surface area contributed by atoms with Crippen LogP contribution in [0.15, 0.2) is 89.8 Å². The van der Waals surface area contributed by atoms with Crippen molar-refractivity contribution in [2.75, 3.05) is 7.11 Å². The van der Waals surface area contributed by atoms with E-state index in [0.717, 1.165) is 5.56 Å². The SMILES string of the molecule is COc1ccc(C(NC(=O)OCc2ccccc2)S(=O)(=O)c2ccccc2)cc1. The second-order valence-corrected chi connectivity index (χ2v) is 8.25. The highest BCUT2D eigenvalue weighted by molar-refractivity contribution is 7.91. The molecule has 0 fully saturated rings. The minimum absolute atomic E-state index is 0.0351. The minimum Gasteiger partial charge on any atom is -0.497 e. The molecule has 0 radical (unpaired) electrons. The summed E-state index contributed by atoms with van der Waals surface area (Å²) in [5.74, 6) is 0.580. The molecular formula is C22H21NO5S. The van der Waals surface area contributed by atoms with Gasteiger partial charge in [0.15, 0.2) is 5.37 Å². The van der Waals surface area contributed by atoms with Crippen LogP contribution in [0.25, 0.3) is 0 Å². The average molecular weight is 411 g/mol. The number of nitrogens with one attached hydrogen (secondary N) is 1. The smallest absolute Gasteiger partial charge is 0.408 e. The van der Waals surface area contributed by atoms with Crippen LogP contribution in [-0.4, -0.2) is 21.6 Å². The van der Waals surface area contributed by atoms with Gasteiger partial charge in [-0.3, -0.25) is 0 Å². The van der Waals surface area contributed by atoms with Gasteiger partial charge in [-0.05, 0) is 35.4 Å². The van der Waals surface area contributed by atoms with Crippen molar-refractivity contribution in [2.45, 2.75) is 16.9 Å². The van der Waals surface area contributed by atoms with Gasteiger partial charge in [0, 0.05) is 0 Å². The number of benzene rings is 3. The molecule has 1 atom stereocenters. The lowest BCUT2D eigenvalue weighted by molar-refractivity contribution is 0.138. The molecule has 150 valence electrons. The molecule has 3 rings (SSSR count). The number of carbonyl (C=O) groups excluding carboxylic acids is 1. The molecule has 0 aliphatic carbocycles. The number of amides is 1. The molecule has 0 spiro atoms. The van der Waals surface area contributed by atoms with Gasteiger partial charge >= 0.3 is 6.09 Å². The van der Waals surface area contributed by atoms with Crippen molar-refractivity contribution >= 4 is 15.9 Å². The molecule has 0 saturated heterocycles. The lowest BCUT2D eigenvalue weighted by atomic mass is 10.2. The fourth-order valence-electron chi connectivity index (χ4n) is 2.74. The lowest BCUT2D eigenvalue weighted by Gasteiger charge is -2.20. The van der Waals surface area contributed by atoms with E-state index in [-0.39, 0.29) is 11.5 Å². The Balaban J connectivity index is 1.85. The average Bonchev–Trinajstić information content (AvgIpc) is 2.77. The van der Waals surface area contributed by atoms with Gasteiger partial charge in [0.1, 0.15) is 12.4 Å². The maximum absolute atomic E-state index is 13.2. The molecule has 6 nitrogen and oxygen atoms in total. The molecule has 7 heteroatoms. The summed E-state index contributed by atoms with van der Waals surface area (Å²) in [7, 11) is -2.38. The number of alkyl carbamates (subject to hydrolysis) is 1. The number of hydrogen-bond donors (Lipinski definition) is 1. The van der Waals surface area contributed by atoms with E-state index >= 15 is 0 Å². The number of rotatable bonds is 7. The first-order chi connectivity index (χ1) is 14.0. The van der Waals surface area contributed by atoms with E-state index in [1.807, 2.05) is 30.3 Å². The Bertz CT molecular complexity index is 1040. The minimum atomic E-state index is -3.90. The van der Waals surface area contributed by atoms with Crippen LogP contribution in [0.4, 0.5) is 4.79 Å². The third-order valence-electron chi connectivity index (χ3n) is 4.26. The summed E-state index contributed by atoms with van der Waals surface area (Å²) in [6.45, 7) is 0.0351. The Hall–Kier alpha value is -3.32.